The van der Waals surface area contributed by atoms with Gasteiger partial charge in [0.15, 0.2) is 6.61 Å². The van der Waals surface area contributed by atoms with Gasteiger partial charge in [-0.15, -0.1) is 0 Å². The summed E-state index contributed by atoms with van der Waals surface area (Å²) < 4.78 is 15.1. The van der Waals surface area contributed by atoms with Crippen molar-refractivity contribution >= 4 is 52.5 Å². The molecule has 2 N–H and O–H groups in total. The fraction of sp³-hybridized carbons (Fsp3) is 0.125. The molecule has 0 spiro atoms. The molecule has 0 saturated carbocycles. The molecule has 0 saturated heterocycles. The zero-order chi connectivity index (χ0) is 24.5. The van der Waals surface area contributed by atoms with Crippen molar-refractivity contribution in [3.63, 3.8) is 0 Å². The van der Waals surface area contributed by atoms with Crippen molar-refractivity contribution < 1.29 is 28.6 Å². The Morgan fingerprint density at radius 2 is 1.50 bits per heavy atom. The molecule has 0 unspecified atom stereocenters. The standard InChI is InChI=1S/C24H20Cl2N2O6/c1-2-32-24(31)34-19-10-3-15(4-11-19)23(30)28-18-8-6-17(7-9-18)27-22(29)14-33-21-12-5-16(25)13-20(21)26/h3-13H,2,14H2,1H3,(H,27,29)(H,28,30). The van der Waals surface area contributed by atoms with Crippen LogP contribution in [-0.4, -0.2) is 31.2 Å². The lowest BCUT2D eigenvalue weighted by molar-refractivity contribution is -0.118. The molecular weight excluding hydrogens is 483 g/mol. The second-order valence-electron chi connectivity index (χ2n) is 6.75. The minimum Gasteiger partial charge on any atom is -0.482 e. The highest BCUT2D eigenvalue weighted by molar-refractivity contribution is 6.35. The number of ether oxygens (including phenoxy) is 3. The first-order valence-electron chi connectivity index (χ1n) is 10.1. The monoisotopic (exact) mass is 502 g/mol. The molecule has 3 aromatic carbocycles. The number of carbonyl (C=O) groups is 3. The Kier molecular flexibility index (Phi) is 8.73. The Bertz CT molecular complexity index is 1170. The van der Waals surface area contributed by atoms with E-state index in [4.69, 9.17) is 37.4 Å². The lowest BCUT2D eigenvalue weighted by atomic mass is 10.2. The highest BCUT2D eigenvalue weighted by Gasteiger charge is 2.10. The number of rotatable bonds is 8. The Balaban J connectivity index is 1.49. The maximum absolute atomic E-state index is 12.4. The van der Waals surface area contributed by atoms with Gasteiger partial charge in [0.05, 0.1) is 11.6 Å². The van der Waals surface area contributed by atoms with E-state index in [0.717, 1.165) is 0 Å². The van der Waals surface area contributed by atoms with Crippen molar-refractivity contribution in [3.8, 4) is 11.5 Å². The summed E-state index contributed by atoms with van der Waals surface area (Å²) in [6, 6.07) is 17.3. The van der Waals surface area contributed by atoms with Crippen LogP contribution in [0.25, 0.3) is 0 Å². The zero-order valence-corrected chi connectivity index (χ0v) is 19.5. The summed E-state index contributed by atoms with van der Waals surface area (Å²) in [5.74, 6) is -0.127. The van der Waals surface area contributed by atoms with Crippen LogP contribution < -0.4 is 20.1 Å². The van der Waals surface area contributed by atoms with Crippen molar-refractivity contribution in [3.05, 3.63) is 82.3 Å². The molecule has 0 aliphatic heterocycles. The van der Waals surface area contributed by atoms with E-state index < -0.39 is 6.16 Å². The van der Waals surface area contributed by atoms with Crippen LogP contribution in [0.15, 0.2) is 66.7 Å². The van der Waals surface area contributed by atoms with Crippen molar-refractivity contribution in [2.75, 3.05) is 23.8 Å². The second kappa shape index (κ2) is 11.9. The quantitative estimate of drug-likeness (QED) is 0.298. The van der Waals surface area contributed by atoms with E-state index >= 15 is 0 Å². The molecule has 0 aliphatic carbocycles. The van der Waals surface area contributed by atoms with Crippen LogP contribution in [0, 0.1) is 0 Å². The number of hydrogen-bond acceptors (Lipinski definition) is 6. The van der Waals surface area contributed by atoms with Crippen molar-refractivity contribution in [1.82, 2.24) is 0 Å². The van der Waals surface area contributed by atoms with Crippen molar-refractivity contribution in [2.45, 2.75) is 6.92 Å². The summed E-state index contributed by atoms with van der Waals surface area (Å²) in [6.07, 6.45) is -0.813. The van der Waals surface area contributed by atoms with Gasteiger partial charge in [-0.05, 0) is 73.7 Å². The third kappa shape index (κ3) is 7.40. The third-order valence-corrected chi connectivity index (χ3v) is 4.79. The van der Waals surface area contributed by atoms with Crippen LogP contribution in [0.3, 0.4) is 0 Å². The summed E-state index contributed by atoms with van der Waals surface area (Å²) in [6.45, 7) is 1.63. The molecule has 34 heavy (non-hydrogen) atoms. The molecule has 0 fully saturated rings. The van der Waals surface area contributed by atoms with Crippen LogP contribution in [-0.2, 0) is 9.53 Å². The summed E-state index contributed by atoms with van der Waals surface area (Å²) >= 11 is 11.8. The summed E-state index contributed by atoms with van der Waals surface area (Å²) in [5.41, 5.74) is 1.42. The first-order chi connectivity index (χ1) is 16.3. The molecule has 10 heteroatoms. The van der Waals surface area contributed by atoms with E-state index in [0.29, 0.717) is 32.7 Å². The molecule has 0 atom stereocenters. The fourth-order valence-corrected chi connectivity index (χ4v) is 3.15. The molecular formula is C24H20Cl2N2O6. The van der Waals surface area contributed by atoms with Gasteiger partial charge in [0.25, 0.3) is 11.8 Å². The molecule has 8 nitrogen and oxygen atoms in total. The van der Waals surface area contributed by atoms with E-state index in [9.17, 15) is 14.4 Å². The maximum Gasteiger partial charge on any atom is 0.513 e. The minimum absolute atomic E-state index is 0.202. The Hall–Kier alpha value is -3.75. The summed E-state index contributed by atoms with van der Waals surface area (Å²) in [5, 5.41) is 6.20. The first kappa shape index (κ1) is 24.9. The van der Waals surface area contributed by atoms with Gasteiger partial charge in [-0.3, -0.25) is 9.59 Å². The summed E-state index contributed by atoms with van der Waals surface area (Å²) in [4.78, 5) is 35.9. The number of carbonyl (C=O) groups excluding carboxylic acids is 3. The molecule has 0 radical (unpaired) electrons. The summed E-state index contributed by atoms with van der Waals surface area (Å²) in [7, 11) is 0. The molecule has 0 bridgehead atoms. The molecule has 176 valence electrons. The molecule has 2 amide bonds. The number of anilines is 2. The van der Waals surface area contributed by atoms with E-state index in [1.165, 1.54) is 30.3 Å². The second-order valence-corrected chi connectivity index (χ2v) is 7.60. The molecule has 0 aromatic heterocycles. The molecule has 3 aromatic rings. The van der Waals surface area contributed by atoms with Gasteiger partial charge in [0, 0.05) is 22.0 Å². The Morgan fingerprint density at radius 3 is 2.12 bits per heavy atom. The SMILES string of the molecule is CCOC(=O)Oc1ccc(C(=O)Nc2ccc(NC(=O)COc3ccc(Cl)cc3Cl)cc2)cc1. The van der Waals surface area contributed by atoms with E-state index in [1.807, 2.05) is 0 Å². The Morgan fingerprint density at radius 1 is 0.853 bits per heavy atom. The van der Waals surface area contributed by atoms with E-state index in [1.54, 1.807) is 43.3 Å². The normalized spacial score (nSPS) is 10.2. The van der Waals surface area contributed by atoms with Gasteiger partial charge in [-0.2, -0.15) is 0 Å². The number of amides is 2. The Labute approximate surface area is 205 Å². The highest BCUT2D eigenvalue weighted by atomic mass is 35.5. The maximum atomic E-state index is 12.4. The van der Waals surface area contributed by atoms with E-state index in [-0.39, 0.29) is 30.8 Å². The number of hydrogen-bond donors (Lipinski definition) is 2. The molecule has 0 heterocycles. The van der Waals surface area contributed by atoms with Crippen LogP contribution in [0.2, 0.25) is 10.0 Å². The molecule has 3 rings (SSSR count). The largest absolute Gasteiger partial charge is 0.513 e. The predicted molar refractivity (Wildman–Crippen MR) is 129 cm³/mol. The minimum atomic E-state index is -0.813. The van der Waals surface area contributed by atoms with Gasteiger partial charge in [0.1, 0.15) is 11.5 Å². The van der Waals surface area contributed by atoms with Gasteiger partial charge in [0.2, 0.25) is 0 Å². The van der Waals surface area contributed by atoms with Crippen LogP contribution in [0.5, 0.6) is 11.5 Å². The van der Waals surface area contributed by atoms with Gasteiger partial charge >= 0.3 is 6.16 Å². The topological polar surface area (TPSA) is 103 Å². The predicted octanol–water partition coefficient (Wildman–Crippen LogP) is 5.80. The third-order valence-electron chi connectivity index (χ3n) is 4.26. The van der Waals surface area contributed by atoms with Crippen molar-refractivity contribution in [2.24, 2.45) is 0 Å². The fourth-order valence-electron chi connectivity index (χ4n) is 2.69. The average Bonchev–Trinajstić information content (AvgIpc) is 2.80. The van der Waals surface area contributed by atoms with Crippen molar-refractivity contribution in [1.29, 1.82) is 0 Å². The lowest BCUT2D eigenvalue weighted by Crippen LogP contribution is -2.20. The van der Waals surface area contributed by atoms with E-state index in [2.05, 4.69) is 10.6 Å². The van der Waals surface area contributed by atoms with Crippen LogP contribution in [0.1, 0.15) is 17.3 Å². The van der Waals surface area contributed by atoms with Gasteiger partial charge < -0.3 is 24.8 Å². The van der Waals surface area contributed by atoms with Crippen LogP contribution >= 0.6 is 23.2 Å². The van der Waals surface area contributed by atoms with Gasteiger partial charge in [-0.25, -0.2) is 4.79 Å². The number of halogens is 2. The average molecular weight is 503 g/mol. The van der Waals surface area contributed by atoms with Gasteiger partial charge in [-0.1, -0.05) is 23.2 Å². The smallest absolute Gasteiger partial charge is 0.482 e. The lowest BCUT2D eigenvalue weighted by Gasteiger charge is -2.10. The highest BCUT2D eigenvalue weighted by Crippen LogP contribution is 2.27. The first-order valence-corrected chi connectivity index (χ1v) is 10.8. The number of benzene rings is 3. The molecule has 0 aliphatic rings. The van der Waals surface area contributed by atoms with Crippen LogP contribution in [0.4, 0.5) is 16.2 Å². The zero-order valence-electron chi connectivity index (χ0n) is 18.0. The number of nitrogens with one attached hydrogen (secondary N) is 2.